The Morgan fingerprint density at radius 1 is 1.13 bits per heavy atom. The van der Waals surface area contributed by atoms with E-state index in [0.717, 1.165) is 0 Å². The number of aryl methyl sites for hydroxylation is 1. The number of hydrogen-bond donors (Lipinski definition) is 3. The first kappa shape index (κ1) is 16.2. The minimum absolute atomic E-state index is 0.169. The molecule has 2 amide bonds. The van der Waals surface area contributed by atoms with Crippen molar-refractivity contribution in [2.75, 3.05) is 7.11 Å². The Hall–Kier alpha value is -3.16. The minimum Gasteiger partial charge on any atom is -0.465 e. The van der Waals surface area contributed by atoms with Gasteiger partial charge >= 0.3 is 5.97 Å². The molecule has 2 rings (SSSR count). The first-order chi connectivity index (χ1) is 11.0. The number of pyridine rings is 1. The van der Waals surface area contributed by atoms with Gasteiger partial charge in [-0.25, -0.2) is 4.79 Å². The Balaban J connectivity index is 2.10. The third kappa shape index (κ3) is 3.37. The van der Waals surface area contributed by atoms with Gasteiger partial charge in [-0.05, 0) is 31.5 Å². The lowest BCUT2D eigenvalue weighted by atomic mass is 10.1. The molecule has 0 saturated heterocycles. The zero-order valence-electron chi connectivity index (χ0n) is 12.9. The quantitative estimate of drug-likeness (QED) is 0.575. The molecule has 120 valence electrons. The van der Waals surface area contributed by atoms with Crippen molar-refractivity contribution in [2.24, 2.45) is 0 Å². The number of H-pyrrole nitrogens is 1. The third-order valence-corrected chi connectivity index (χ3v) is 3.24. The molecule has 2 aromatic rings. The van der Waals surface area contributed by atoms with E-state index in [4.69, 9.17) is 0 Å². The first-order valence-corrected chi connectivity index (χ1v) is 6.75. The molecule has 8 heteroatoms. The zero-order valence-corrected chi connectivity index (χ0v) is 12.9. The Morgan fingerprint density at radius 3 is 2.43 bits per heavy atom. The monoisotopic (exact) mass is 316 g/mol. The van der Waals surface area contributed by atoms with Crippen LogP contribution in [0.1, 0.15) is 42.6 Å². The smallest absolute Gasteiger partial charge is 0.339 e. The zero-order chi connectivity index (χ0) is 17.0. The molecule has 3 N–H and O–H groups in total. The molecule has 0 bridgehead atoms. The molecule has 0 aromatic carbocycles. The number of amides is 2. The predicted molar refractivity (Wildman–Crippen MR) is 80.8 cm³/mol. The van der Waals surface area contributed by atoms with Crippen LogP contribution in [0.25, 0.3) is 0 Å². The third-order valence-electron chi connectivity index (χ3n) is 3.24. The van der Waals surface area contributed by atoms with E-state index in [9.17, 15) is 14.4 Å². The molecule has 0 atom stereocenters. The van der Waals surface area contributed by atoms with Gasteiger partial charge in [0.05, 0.1) is 12.7 Å². The second-order valence-electron chi connectivity index (χ2n) is 4.74. The van der Waals surface area contributed by atoms with Crippen LogP contribution in [0.5, 0.6) is 0 Å². The molecule has 0 aliphatic rings. The molecule has 2 heterocycles. The molecule has 0 spiro atoms. The maximum Gasteiger partial charge on any atom is 0.339 e. The number of methoxy groups -OCH3 is 1. The normalized spacial score (nSPS) is 10.0. The maximum atomic E-state index is 12.1. The number of carbonyl (C=O) groups is 3. The molecule has 8 nitrogen and oxygen atoms in total. The number of rotatable bonds is 3. The van der Waals surface area contributed by atoms with Crippen LogP contribution in [0.15, 0.2) is 24.4 Å². The van der Waals surface area contributed by atoms with Crippen LogP contribution >= 0.6 is 0 Å². The number of esters is 1. The van der Waals surface area contributed by atoms with Crippen molar-refractivity contribution in [1.82, 2.24) is 20.8 Å². The summed E-state index contributed by atoms with van der Waals surface area (Å²) in [6, 6.07) is 4.85. The highest BCUT2D eigenvalue weighted by atomic mass is 16.5. The summed E-state index contributed by atoms with van der Waals surface area (Å²) in [7, 11) is 1.26. The van der Waals surface area contributed by atoms with Gasteiger partial charge in [0.1, 0.15) is 11.4 Å². The average molecular weight is 316 g/mol. The minimum atomic E-state index is -0.579. The molecule has 0 radical (unpaired) electrons. The highest BCUT2D eigenvalue weighted by molar-refractivity contribution is 6.01. The van der Waals surface area contributed by atoms with E-state index >= 15 is 0 Å². The number of aromatic nitrogens is 2. The van der Waals surface area contributed by atoms with Gasteiger partial charge in [-0.15, -0.1) is 0 Å². The standard InChI is InChI=1S/C15H16N4O4/c1-8-11(15(22)23-3)9(2)17-12(8)14(21)19-18-13(20)10-6-4-5-7-16-10/h4-7,17H,1-3H3,(H,18,20)(H,19,21). The molecule has 0 unspecified atom stereocenters. The number of ether oxygens (including phenoxy) is 1. The Kier molecular flexibility index (Phi) is 4.75. The van der Waals surface area contributed by atoms with Crippen LogP contribution in [0, 0.1) is 13.8 Å². The fourth-order valence-electron chi connectivity index (χ4n) is 2.12. The van der Waals surface area contributed by atoms with E-state index in [0.29, 0.717) is 16.8 Å². The van der Waals surface area contributed by atoms with Gasteiger partial charge in [-0.1, -0.05) is 6.07 Å². The van der Waals surface area contributed by atoms with Crippen molar-refractivity contribution >= 4 is 17.8 Å². The highest BCUT2D eigenvalue weighted by Crippen LogP contribution is 2.18. The van der Waals surface area contributed by atoms with Gasteiger partial charge in [0.2, 0.25) is 0 Å². The van der Waals surface area contributed by atoms with Gasteiger partial charge in [0.15, 0.2) is 0 Å². The summed E-state index contributed by atoms with van der Waals surface area (Å²) < 4.78 is 4.68. The van der Waals surface area contributed by atoms with Crippen molar-refractivity contribution in [1.29, 1.82) is 0 Å². The highest BCUT2D eigenvalue weighted by Gasteiger charge is 2.22. The van der Waals surface area contributed by atoms with Gasteiger partial charge in [0, 0.05) is 11.9 Å². The van der Waals surface area contributed by atoms with E-state index < -0.39 is 17.8 Å². The maximum absolute atomic E-state index is 12.1. The summed E-state index contributed by atoms with van der Waals surface area (Å²) in [4.78, 5) is 42.3. The molecule has 0 aliphatic heterocycles. The summed E-state index contributed by atoms with van der Waals surface area (Å²) in [6.45, 7) is 3.27. The average Bonchev–Trinajstić information content (AvgIpc) is 2.87. The molecule has 23 heavy (non-hydrogen) atoms. The van der Waals surface area contributed by atoms with Crippen LogP contribution in [0.3, 0.4) is 0 Å². The second-order valence-corrected chi connectivity index (χ2v) is 4.74. The number of aromatic amines is 1. The van der Waals surface area contributed by atoms with Gasteiger partial charge < -0.3 is 9.72 Å². The predicted octanol–water partition coefficient (Wildman–Crippen LogP) is 0.888. The molecule has 0 aliphatic carbocycles. The fraction of sp³-hybridized carbons (Fsp3) is 0.200. The Labute approximate surface area is 132 Å². The van der Waals surface area contributed by atoms with E-state index in [1.807, 2.05) is 0 Å². The number of hydrazine groups is 1. The lowest BCUT2D eigenvalue weighted by molar-refractivity contribution is 0.0599. The summed E-state index contributed by atoms with van der Waals surface area (Å²) in [6.07, 6.45) is 1.47. The molecular weight excluding hydrogens is 300 g/mol. The molecule has 2 aromatic heterocycles. The van der Waals surface area contributed by atoms with Crippen molar-refractivity contribution in [3.05, 3.63) is 52.6 Å². The molecular formula is C15H16N4O4. The van der Waals surface area contributed by atoms with Crippen LogP contribution in [0.4, 0.5) is 0 Å². The molecule has 0 fully saturated rings. The summed E-state index contributed by atoms with van der Waals surface area (Å²) in [5, 5.41) is 0. The van der Waals surface area contributed by atoms with Crippen LogP contribution in [0.2, 0.25) is 0 Å². The van der Waals surface area contributed by atoms with Crippen molar-refractivity contribution in [3.63, 3.8) is 0 Å². The van der Waals surface area contributed by atoms with Crippen LogP contribution < -0.4 is 10.9 Å². The lowest BCUT2D eigenvalue weighted by Gasteiger charge is -2.06. The van der Waals surface area contributed by atoms with Crippen molar-refractivity contribution in [2.45, 2.75) is 13.8 Å². The number of carbonyl (C=O) groups excluding carboxylic acids is 3. The van der Waals surface area contributed by atoms with Gasteiger partial charge in [-0.2, -0.15) is 0 Å². The Morgan fingerprint density at radius 2 is 1.83 bits per heavy atom. The number of nitrogens with zero attached hydrogens (tertiary/aromatic N) is 1. The van der Waals surface area contributed by atoms with Crippen molar-refractivity contribution < 1.29 is 19.1 Å². The van der Waals surface area contributed by atoms with E-state index in [2.05, 4.69) is 25.6 Å². The number of hydrogen-bond acceptors (Lipinski definition) is 5. The Bertz CT molecular complexity index is 752. The SMILES string of the molecule is COC(=O)c1c(C)[nH]c(C(=O)NNC(=O)c2ccccn2)c1C. The van der Waals surface area contributed by atoms with Crippen LogP contribution in [-0.4, -0.2) is 34.9 Å². The van der Waals surface area contributed by atoms with E-state index in [-0.39, 0.29) is 11.4 Å². The second kappa shape index (κ2) is 6.73. The van der Waals surface area contributed by atoms with Gasteiger partial charge in [-0.3, -0.25) is 25.4 Å². The van der Waals surface area contributed by atoms with E-state index in [1.165, 1.54) is 19.4 Å². The topological polar surface area (TPSA) is 113 Å². The summed E-state index contributed by atoms with van der Waals surface area (Å²) >= 11 is 0. The number of nitrogens with one attached hydrogen (secondary N) is 3. The lowest BCUT2D eigenvalue weighted by Crippen LogP contribution is -2.42. The summed E-state index contributed by atoms with van der Waals surface area (Å²) in [5.74, 6) is -1.66. The molecule has 0 saturated carbocycles. The fourth-order valence-corrected chi connectivity index (χ4v) is 2.12. The van der Waals surface area contributed by atoms with Crippen molar-refractivity contribution in [3.8, 4) is 0 Å². The summed E-state index contributed by atoms with van der Waals surface area (Å²) in [5.41, 5.74) is 6.13. The largest absolute Gasteiger partial charge is 0.465 e. The van der Waals surface area contributed by atoms with E-state index in [1.54, 1.807) is 26.0 Å². The first-order valence-electron chi connectivity index (χ1n) is 6.75. The van der Waals surface area contributed by atoms with Gasteiger partial charge in [0.25, 0.3) is 11.8 Å². The van der Waals surface area contributed by atoms with Crippen LogP contribution in [-0.2, 0) is 4.74 Å².